The fraction of sp³-hybridized carbons (Fsp3) is 0.444. The van der Waals surface area contributed by atoms with E-state index in [9.17, 15) is 4.79 Å². The number of nitrogens with one attached hydrogen (secondary N) is 2. The Bertz CT molecular complexity index is 682. The van der Waals surface area contributed by atoms with Gasteiger partial charge in [0.2, 0.25) is 5.91 Å². The number of likely N-dealkylation sites (N-methyl/N-ethyl adjacent to an activating group) is 1. The smallest absolute Gasteiger partial charge is 0.243 e. The van der Waals surface area contributed by atoms with Crippen molar-refractivity contribution < 1.29 is 4.79 Å². The van der Waals surface area contributed by atoms with E-state index in [1.165, 1.54) is 9.75 Å². The van der Waals surface area contributed by atoms with Crippen LogP contribution in [-0.4, -0.2) is 44.0 Å². The predicted molar refractivity (Wildman–Crippen MR) is 123 cm³/mol. The molecule has 2 rings (SSSR count). The van der Waals surface area contributed by atoms with Crippen molar-refractivity contribution in [2.24, 2.45) is 4.99 Å². The fourth-order valence-electron chi connectivity index (χ4n) is 2.10. The van der Waals surface area contributed by atoms with Crippen LogP contribution in [0.3, 0.4) is 0 Å². The Hall–Kier alpha value is -1.13. The topological polar surface area (TPSA) is 56.7 Å². The Kier molecular flexibility index (Phi) is 9.59. The fourth-order valence-corrected chi connectivity index (χ4v) is 3.60. The molecule has 26 heavy (non-hydrogen) atoms. The minimum atomic E-state index is -0.0188. The van der Waals surface area contributed by atoms with Gasteiger partial charge in [0.15, 0.2) is 5.96 Å². The molecule has 0 unspecified atom stereocenters. The van der Waals surface area contributed by atoms with E-state index < -0.39 is 0 Å². The van der Waals surface area contributed by atoms with E-state index >= 15 is 0 Å². The molecule has 5 nitrogen and oxygen atoms in total. The van der Waals surface area contributed by atoms with E-state index in [1.54, 1.807) is 41.7 Å². The highest BCUT2D eigenvalue weighted by Crippen LogP contribution is 2.26. The van der Waals surface area contributed by atoms with Crippen LogP contribution in [0.5, 0.6) is 0 Å². The van der Waals surface area contributed by atoms with Gasteiger partial charge in [0, 0.05) is 35.8 Å². The first-order valence-corrected chi connectivity index (χ1v) is 9.93. The predicted octanol–water partition coefficient (Wildman–Crippen LogP) is 3.53. The summed E-state index contributed by atoms with van der Waals surface area (Å²) in [6, 6.07) is 8.33. The maximum atomic E-state index is 11.8. The molecule has 144 valence electrons. The van der Waals surface area contributed by atoms with Gasteiger partial charge in [0.25, 0.3) is 0 Å². The molecule has 8 heteroatoms. The number of halogens is 1. The molecule has 2 aromatic rings. The third kappa shape index (κ3) is 7.24. The van der Waals surface area contributed by atoms with Crippen LogP contribution in [0, 0.1) is 0 Å². The van der Waals surface area contributed by atoms with Crippen molar-refractivity contribution in [3.63, 3.8) is 0 Å². The molecule has 0 atom stereocenters. The number of aliphatic imine (C=N–C) groups is 1. The number of thiophene rings is 2. The van der Waals surface area contributed by atoms with Gasteiger partial charge in [-0.2, -0.15) is 0 Å². The van der Waals surface area contributed by atoms with Gasteiger partial charge in [0.05, 0.1) is 6.54 Å². The summed E-state index contributed by atoms with van der Waals surface area (Å²) >= 11 is 3.45. The molecule has 0 spiro atoms. The summed E-state index contributed by atoms with van der Waals surface area (Å²) in [6.07, 6.45) is 0. The van der Waals surface area contributed by atoms with E-state index in [4.69, 9.17) is 0 Å². The van der Waals surface area contributed by atoms with Gasteiger partial charge >= 0.3 is 0 Å². The molecule has 0 saturated heterocycles. The van der Waals surface area contributed by atoms with Crippen molar-refractivity contribution in [2.75, 3.05) is 27.2 Å². The Morgan fingerprint density at radius 3 is 2.42 bits per heavy atom. The highest BCUT2D eigenvalue weighted by Gasteiger charge is 2.22. The summed E-state index contributed by atoms with van der Waals surface area (Å²) in [5.74, 6) is 0.642. The van der Waals surface area contributed by atoms with Crippen molar-refractivity contribution >= 4 is 58.5 Å². The Labute approximate surface area is 180 Å². The van der Waals surface area contributed by atoms with Gasteiger partial charge in [-0.05, 0) is 22.9 Å². The van der Waals surface area contributed by atoms with Crippen LogP contribution in [0.1, 0.15) is 23.6 Å². The second-order valence-electron chi connectivity index (χ2n) is 6.60. The molecule has 0 fully saturated rings. The van der Waals surface area contributed by atoms with Gasteiger partial charge in [-0.3, -0.25) is 4.79 Å². The second-order valence-corrected chi connectivity index (χ2v) is 8.58. The van der Waals surface area contributed by atoms with Crippen LogP contribution >= 0.6 is 46.7 Å². The maximum Gasteiger partial charge on any atom is 0.243 e. The summed E-state index contributed by atoms with van der Waals surface area (Å²) in [5.41, 5.74) is -0.00882. The highest BCUT2D eigenvalue weighted by molar-refractivity contribution is 14.0. The first-order valence-electron chi connectivity index (χ1n) is 8.17. The molecule has 0 aromatic carbocycles. The summed E-state index contributed by atoms with van der Waals surface area (Å²) in [5, 5.41) is 10.8. The molecular weight excluding hydrogens is 479 g/mol. The zero-order valence-electron chi connectivity index (χ0n) is 15.6. The number of nitrogens with zero attached hydrogens (tertiary/aromatic N) is 2. The maximum absolute atomic E-state index is 11.8. The average molecular weight is 506 g/mol. The Morgan fingerprint density at radius 1 is 1.15 bits per heavy atom. The Morgan fingerprint density at radius 2 is 1.85 bits per heavy atom. The quantitative estimate of drug-likeness (QED) is 0.343. The lowest BCUT2D eigenvalue weighted by Gasteiger charge is -2.25. The van der Waals surface area contributed by atoms with E-state index in [1.807, 2.05) is 6.07 Å². The summed E-state index contributed by atoms with van der Waals surface area (Å²) in [7, 11) is 3.48. The van der Waals surface area contributed by atoms with Crippen LogP contribution in [0.4, 0.5) is 0 Å². The Balaban J connectivity index is 0.00000338. The molecule has 2 heterocycles. The van der Waals surface area contributed by atoms with Crippen LogP contribution < -0.4 is 10.6 Å². The van der Waals surface area contributed by atoms with E-state index in [0.29, 0.717) is 12.5 Å². The SMILES string of the molecule is CN(C)C(=O)CN=C(NCc1cccs1)NCC(C)(C)c1cccs1.I. The van der Waals surface area contributed by atoms with Gasteiger partial charge in [0.1, 0.15) is 6.54 Å². The van der Waals surface area contributed by atoms with Crippen LogP contribution in [-0.2, 0) is 16.8 Å². The van der Waals surface area contributed by atoms with Crippen molar-refractivity contribution in [1.82, 2.24) is 15.5 Å². The molecule has 1 amide bonds. The van der Waals surface area contributed by atoms with E-state index in [-0.39, 0.29) is 41.8 Å². The lowest BCUT2D eigenvalue weighted by Crippen LogP contribution is -2.43. The van der Waals surface area contributed by atoms with E-state index in [0.717, 1.165) is 6.54 Å². The van der Waals surface area contributed by atoms with Gasteiger partial charge in [-0.1, -0.05) is 26.0 Å². The highest BCUT2D eigenvalue weighted by atomic mass is 127. The number of guanidine groups is 1. The molecule has 2 N–H and O–H groups in total. The van der Waals surface area contributed by atoms with Crippen LogP contribution in [0.2, 0.25) is 0 Å². The first kappa shape index (κ1) is 22.9. The van der Waals surface area contributed by atoms with Crippen molar-refractivity contribution in [3.05, 3.63) is 44.8 Å². The number of carbonyl (C=O) groups excluding carboxylic acids is 1. The number of hydrogen-bond acceptors (Lipinski definition) is 4. The summed E-state index contributed by atoms with van der Waals surface area (Å²) < 4.78 is 0. The third-order valence-corrected chi connectivity index (χ3v) is 5.88. The lowest BCUT2D eigenvalue weighted by molar-refractivity contribution is -0.127. The molecule has 0 aliphatic heterocycles. The first-order chi connectivity index (χ1) is 11.9. The molecule has 0 aliphatic rings. The van der Waals surface area contributed by atoms with Crippen molar-refractivity contribution in [2.45, 2.75) is 25.8 Å². The van der Waals surface area contributed by atoms with E-state index in [2.05, 4.69) is 58.4 Å². The summed E-state index contributed by atoms with van der Waals surface area (Å²) in [4.78, 5) is 20.4. The monoisotopic (exact) mass is 506 g/mol. The molecule has 2 aromatic heterocycles. The molecular formula is C18H27IN4OS2. The molecule has 0 aliphatic carbocycles. The normalized spacial score (nSPS) is 11.6. The van der Waals surface area contributed by atoms with Crippen LogP contribution in [0.15, 0.2) is 40.0 Å². The van der Waals surface area contributed by atoms with Gasteiger partial charge < -0.3 is 15.5 Å². The zero-order chi connectivity index (χ0) is 18.3. The number of hydrogen-bond donors (Lipinski definition) is 2. The van der Waals surface area contributed by atoms with Crippen LogP contribution in [0.25, 0.3) is 0 Å². The average Bonchev–Trinajstić information content (AvgIpc) is 3.27. The number of carbonyl (C=O) groups is 1. The number of amides is 1. The summed E-state index contributed by atoms with van der Waals surface area (Å²) in [6.45, 7) is 5.96. The molecule has 0 radical (unpaired) electrons. The minimum absolute atomic E-state index is 0. The van der Waals surface area contributed by atoms with Gasteiger partial charge in [-0.25, -0.2) is 4.99 Å². The second kappa shape index (κ2) is 10.9. The standard InChI is InChI=1S/C18H26N4OS2.HI/c1-18(2,15-8-6-10-25-15)13-21-17(20-12-16(23)22(3)4)19-11-14-7-5-9-24-14;/h5-10H,11-13H2,1-4H3,(H2,19,20,21);1H. The van der Waals surface area contributed by atoms with Gasteiger partial charge in [-0.15, -0.1) is 46.7 Å². The van der Waals surface area contributed by atoms with Crippen molar-refractivity contribution in [1.29, 1.82) is 0 Å². The third-order valence-electron chi connectivity index (χ3n) is 3.77. The largest absolute Gasteiger partial charge is 0.355 e. The molecule has 0 bridgehead atoms. The lowest BCUT2D eigenvalue weighted by atomic mass is 9.91. The zero-order valence-corrected chi connectivity index (χ0v) is 19.6. The minimum Gasteiger partial charge on any atom is -0.355 e. The molecule has 0 saturated carbocycles. The number of rotatable bonds is 7. The van der Waals surface area contributed by atoms with Crippen molar-refractivity contribution in [3.8, 4) is 0 Å².